The van der Waals surface area contributed by atoms with Crippen LogP contribution in [0.25, 0.3) is 0 Å². The number of nitrogens with zero attached hydrogens (tertiary/aromatic N) is 3. The highest BCUT2D eigenvalue weighted by atomic mass is 35.5. The highest BCUT2D eigenvalue weighted by Gasteiger charge is 2.49. The van der Waals surface area contributed by atoms with E-state index < -0.39 is 17.2 Å². The maximum Gasteiger partial charge on any atom is 0.222 e. The zero-order chi connectivity index (χ0) is 17.1. The molecular formula is C17H20ClN3O2. The minimum absolute atomic E-state index is 0.106. The van der Waals surface area contributed by atoms with Crippen molar-refractivity contribution in [3.63, 3.8) is 0 Å². The first-order valence-corrected chi connectivity index (χ1v) is 7.58. The van der Waals surface area contributed by atoms with Crippen molar-refractivity contribution >= 4 is 11.6 Å². The van der Waals surface area contributed by atoms with Gasteiger partial charge in [-0.1, -0.05) is 32.4 Å². The van der Waals surface area contributed by atoms with Gasteiger partial charge in [0.05, 0.1) is 0 Å². The van der Waals surface area contributed by atoms with Crippen LogP contribution in [-0.2, 0) is 0 Å². The van der Waals surface area contributed by atoms with E-state index in [0.29, 0.717) is 10.8 Å². The fourth-order valence-corrected chi connectivity index (χ4v) is 2.36. The van der Waals surface area contributed by atoms with Gasteiger partial charge in [0.2, 0.25) is 6.23 Å². The number of terminal acetylenes is 1. The number of hydrogen-bond donors (Lipinski definition) is 1. The molecule has 2 aromatic rings. The van der Waals surface area contributed by atoms with Gasteiger partial charge in [-0.15, -0.1) is 12.3 Å². The van der Waals surface area contributed by atoms with Crippen molar-refractivity contribution in [3.8, 4) is 18.1 Å². The van der Waals surface area contributed by atoms with Crippen molar-refractivity contribution < 1.29 is 9.84 Å². The summed E-state index contributed by atoms with van der Waals surface area (Å²) in [5, 5.41) is 16.0. The molecule has 0 saturated heterocycles. The summed E-state index contributed by atoms with van der Waals surface area (Å²) in [6.45, 7) is 5.71. The minimum atomic E-state index is -1.35. The Morgan fingerprint density at radius 2 is 2.00 bits per heavy atom. The van der Waals surface area contributed by atoms with E-state index in [9.17, 15) is 5.11 Å². The summed E-state index contributed by atoms with van der Waals surface area (Å²) in [5.74, 6) is 3.09. The summed E-state index contributed by atoms with van der Waals surface area (Å²) >= 11 is 5.90. The summed E-state index contributed by atoms with van der Waals surface area (Å²) in [7, 11) is 0. The second-order valence-electron chi connectivity index (χ2n) is 6.35. The molecule has 0 aliphatic rings. The van der Waals surface area contributed by atoms with E-state index in [-0.39, 0.29) is 6.42 Å². The van der Waals surface area contributed by atoms with Crippen LogP contribution in [0, 0.1) is 17.8 Å². The predicted octanol–water partition coefficient (Wildman–Crippen LogP) is 3.31. The van der Waals surface area contributed by atoms with E-state index in [0.717, 1.165) is 0 Å². The first kappa shape index (κ1) is 17.3. The third-order valence-electron chi connectivity index (χ3n) is 3.82. The monoisotopic (exact) mass is 333 g/mol. The first-order valence-electron chi connectivity index (χ1n) is 7.20. The third-order valence-corrected chi connectivity index (χ3v) is 4.07. The highest BCUT2D eigenvalue weighted by molar-refractivity contribution is 6.30. The molecule has 5 nitrogen and oxygen atoms in total. The maximum absolute atomic E-state index is 11.3. The van der Waals surface area contributed by atoms with E-state index in [1.54, 1.807) is 24.3 Å². The lowest BCUT2D eigenvalue weighted by Gasteiger charge is -2.44. The summed E-state index contributed by atoms with van der Waals surface area (Å²) in [6.07, 6.45) is 7.64. The molecule has 1 N–H and O–H groups in total. The van der Waals surface area contributed by atoms with Gasteiger partial charge in [0, 0.05) is 11.4 Å². The van der Waals surface area contributed by atoms with Crippen molar-refractivity contribution in [1.29, 1.82) is 0 Å². The average molecular weight is 334 g/mol. The Morgan fingerprint density at radius 3 is 2.48 bits per heavy atom. The molecule has 2 rings (SSSR count). The van der Waals surface area contributed by atoms with Crippen molar-refractivity contribution in [2.75, 3.05) is 0 Å². The molecule has 2 unspecified atom stereocenters. The number of rotatable bonds is 5. The van der Waals surface area contributed by atoms with Gasteiger partial charge < -0.3 is 9.84 Å². The molecule has 23 heavy (non-hydrogen) atoms. The van der Waals surface area contributed by atoms with Gasteiger partial charge in [0.1, 0.15) is 24.0 Å². The van der Waals surface area contributed by atoms with Crippen LogP contribution in [-0.4, -0.2) is 25.5 Å². The summed E-state index contributed by atoms with van der Waals surface area (Å²) in [6, 6.07) is 6.88. The molecule has 122 valence electrons. The zero-order valence-corrected chi connectivity index (χ0v) is 14.2. The molecule has 2 atom stereocenters. The van der Waals surface area contributed by atoms with Crippen LogP contribution in [0.3, 0.4) is 0 Å². The van der Waals surface area contributed by atoms with E-state index >= 15 is 0 Å². The molecule has 1 aromatic carbocycles. The van der Waals surface area contributed by atoms with Crippen LogP contribution in [0.5, 0.6) is 5.75 Å². The van der Waals surface area contributed by atoms with E-state index in [2.05, 4.69) is 16.0 Å². The largest absolute Gasteiger partial charge is 0.465 e. The van der Waals surface area contributed by atoms with Crippen molar-refractivity contribution in [2.24, 2.45) is 5.41 Å². The standard InChI is InChI=1S/C17H20ClN3O2/c1-5-10-17(22,16(2,3)4)15(21-12-19-11-20-21)23-14-8-6-13(18)7-9-14/h1,6-9,11-12,15,22H,10H2,2-4H3. The highest BCUT2D eigenvalue weighted by Crippen LogP contribution is 2.42. The molecule has 6 heteroatoms. The van der Waals surface area contributed by atoms with Gasteiger partial charge in [-0.3, -0.25) is 0 Å². The lowest BCUT2D eigenvalue weighted by atomic mass is 9.73. The summed E-state index contributed by atoms with van der Waals surface area (Å²) in [4.78, 5) is 3.94. The van der Waals surface area contributed by atoms with E-state index in [1.165, 1.54) is 17.3 Å². The molecule has 1 heterocycles. The number of aliphatic hydroxyl groups is 1. The minimum Gasteiger partial charge on any atom is -0.465 e. The van der Waals surface area contributed by atoms with Gasteiger partial charge >= 0.3 is 0 Å². The van der Waals surface area contributed by atoms with Gasteiger partial charge in [0.25, 0.3) is 0 Å². The van der Waals surface area contributed by atoms with Crippen molar-refractivity contribution in [2.45, 2.75) is 39.0 Å². The Labute approximate surface area is 141 Å². The molecule has 0 aliphatic heterocycles. The van der Waals surface area contributed by atoms with Gasteiger partial charge in [-0.25, -0.2) is 9.67 Å². The zero-order valence-electron chi connectivity index (χ0n) is 13.4. The number of ether oxygens (including phenoxy) is 1. The van der Waals surface area contributed by atoms with Crippen LogP contribution < -0.4 is 4.74 Å². The summed E-state index contributed by atoms with van der Waals surface area (Å²) in [5.41, 5.74) is -1.91. The van der Waals surface area contributed by atoms with Gasteiger partial charge in [-0.2, -0.15) is 5.10 Å². The lowest BCUT2D eigenvalue weighted by Crippen LogP contribution is -2.52. The van der Waals surface area contributed by atoms with Crippen LogP contribution in [0.1, 0.15) is 33.4 Å². The second kappa shape index (κ2) is 6.61. The van der Waals surface area contributed by atoms with Crippen LogP contribution in [0.4, 0.5) is 0 Å². The Kier molecular flexibility index (Phi) is 4.98. The topological polar surface area (TPSA) is 60.2 Å². The lowest BCUT2D eigenvalue weighted by molar-refractivity contribution is -0.162. The maximum atomic E-state index is 11.3. The molecule has 0 amide bonds. The number of benzene rings is 1. The molecule has 0 bridgehead atoms. The van der Waals surface area contributed by atoms with E-state index in [4.69, 9.17) is 22.8 Å². The SMILES string of the molecule is C#CCC(O)(C(Oc1ccc(Cl)cc1)n1cncn1)C(C)(C)C. The summed E-state index contributed by atoms with van der Waals surface area (Å²) < 4.78 is 7.48. The average Bonchev–Trinajstić information content (AvgIpc) is 2.99. The predicted molar refractivity (Wildman–Crippen MR) is 89.0 cm³/mol. The van der Waals surface area contributed by atoms with Crippen LogP contribution >= 0.6 is 11.6 Å². The Balaban J connectivity index is 2.45. The number of hydrogen-bond acceptors (Lipinski definition) is 4. The van der Waals surface area contributed by atoms with Crippen LogP contribution in [0.2, 0.25) is 5.02 Å². The van der Waals surface area contributed by atoms with Gasteiger partial charge in [0.15, 0.2) is 0 Å². The number of halogens is 1. The first-order chi connectivity index (χ1) is 10.8. The molecule has 0 radical (unpaired) electrons. The Morgan fingerprint density at radius 1 is 1.35 bits per heavy atom. The Hall–Kier alpha value is -2.03. The van der Waals surface area contributed by atoms with E-state index in [1.807, 2.05) is 20.8 Å². The molecular weight excluding hydrogens is 314 g/mol. The van der Waals surface area contributed by atoms with Crippen molar-refractivity contribution in [1.82, 2.24) is 14.8 Å². The van der Waals surface area contributed by atoms with Crippen molar-refractivity contribution in [3.05, 3.63) is 41.9 Å². The fourth-order valence-electron chi connectivity index (χ4n) is 2.23. The molecule has 0 saturated carbocycles. The van der Waals surface area contributed by atoms with Gasteiger partial charge in [-0.05, 0) is 29.7 Å². The molecule has 0 spiro atoms. The molecule has 0 fully saturated rings. The molecule has 1 aromatic heterocycles. The smallest absolute Gasteiger partial charge is 0.222 e. The number of aromatic nitrogens is 3. The Bertz CT molecular complexity index is 671. The van der Waals surface area contributed by atoms with Crippen LogP contribution in [0.15, 0.2) is 36.9 Å². The molecule has 0 aliphatic carbocycles. The fraction of sp³-hybridized carbons (Fsp3) is 0.412. The third kappa shape index (κ3) is 3.66. The normalized spacial score (nSPS) is 15.5. The second-order valence-corrected chi connectivity index (χ2v) is 6.79. The quantitative estimate of drug-likeness (QED) is 0.853.